The molecular formula is C10H8FN7S. The highest BCUT2D eigenvalue weighted by molar-refractivity contribution is 7.98. The van der Waals surface area contributed by atoms with Crippen LogP contribution in [0.25, 0.3) is 17.2 Å². The molecule has 0 unspecified atom stereocenters. The summed E-state index contributed by atoms with van der Waals surface area (Å²) in [4.78, 5) is 16.2. The molecular weight excluding hydrogens is 269 g/mol. The van der Waals surface area contributed by atoms with Gasteiger partial charge in [-0.1, -0.05) is 11.8 Å². The van der Waals surface area contributed by atoms with E-state index < -0.39 is 5.82 Å². The first-order chi connectivity index (χ1) is 9.17. The van der Waals surface area contributed by atoms with Crippen molar-refractivity contribution in [2.75, 3.05) is 12.0 Å². The molecule has 96 valence electrons. The summed E-state index contributed by atoms with van der Waals surface area (Å²) in [5.74, 6) is 0.333. The Labute approximate surface area is 111 Å². The molecule has 0 saturated carbocycles. The van der Waals surface area contributed by atoms with Crippen LogP contribution in [0.4, 0.5) is 10.3 Å². The third-order valence-electron chi connectivity index (χ3n) is 2.36. The lowest BCUT2D eigenvalue weighted by molar-refractivity contribution is 0.622. The van der Waals surface area contributed by atoms with Crippen molar-refractivity contribution >= 4 is 23.5 Å². The van der Waals surface area contributed by atoms with Gasteiger partial charge >= 0.3 is 0 Å². The van der Waals surface area contributed by atoms with Crippen molar-refractivity contribution < 1.29 is 4.39 Å². The van der Waals surface area contributed by atoms with E-state index in [-0.39, 0.29) is 5.95 Å². The number of aromatic nitrogens is 6. The van der Waals surface area contributed by atoms with Gasteiger partial charge in [-0.2, -0.15) is 19.5 Å². The lowest BCUT2D eigenvalue weighted by Crippen LogP contribution is -2.04. The highest BCUT2D eigenvalue weighted by Crippen LogP contribution is 2.18. The van der Waals surface area contributed by atoms with E-state index in [1.807, 2.05) is 6.26 Å². The van der Waals surface area contributed by atoms with Crippen LogP contribution in [0.5, 0.6) is 0 Å². The minimum atomic E-state index is -0.458. The Balaban J connectivity index is 2.19. The minimum Gasteiger partial charge on any atom is -0.368 e. The van der Waals surface area contributed by atoms with Crippen LogP contribution in [0.3, 0.4) is 0 Å². The molecule has 0 spiro atoms. The summed E-state index contributed by atoms with van der Waals surface area (Å²) in [5, 5.41) is 4.64. The molecule has 0 saturated heterocycles. The molecule has 0 aliphatic rings. The van der Waals surface area contributed by atoms with Gasteiger partial charge in [0.05, 0.1) is 6.20 Å². The van der Waals surface area contributed by atoms with Gasteiger partial charge in [0.1, 0.15) is 5.82 Å². The van der Waals surface area contributed by atoms with E-state index in [0.29, 0.717) is 22.3 Å². The maximum Gasteiger partial charge on any atom is 0.258 e. The number of hydrogen-bond acceptors (Lipinski definition) is 7. The Hall–Kier alpha value is -2.29. The lowest BCUT2D eigenvalue weighted by atomic mass is 10.3. The summed E-state index contributed by atoms with van der Waals surface area (Å²) in [5.41, 5.74) is 6.21. The van der Waals surface area contributed by atoms with Gasteiger partial charge < -0.3 is 5.73 Å². The molecule has 0 radical (unpaired) electrons. The number of rotatable bonds is 2. The van der Waals surface area contributed by atoms with Crippen LogP contribution >= 0.6 is 11.8 Å². The topological polar surface area (TPSA) is 94.9 Å². The van der Waals surface area contributed by atoms with Crippen LogP contribution in [0.15, 0.2) is 23.6 Å². The summed E-state index contributed by atoms with van der Waals surface area (Å²) in [7, 11) is 0. The number of nitrogens with two attached hydrogens (primary N) is 1. The van der Waals surface area contributed by atoms with E-state index in [1.54, 1.807) is 0 Å². The summed E-state index contributed by atoms with van der Waals surface area (Å²) in [6.07, 6.45) is 4.41. The third-order valence-corrected chi connectivity index (χ3v) is 2.91. The highest BCUT2D eigenvalue weighted by atomic mass is 32.2. The smallest absolute Gasteiger partial charge is 0.258 e. The molecule has 19 heavy (non-hydrogen) atoms. The van der Waals surface area contributed by atoms with E-state index in [4.69, 9.17) is 5.73 Å². The maximum atomic E-state index is 13.1. The molecule has 0 aliphatic carbocycles. The van der Waals surface area contributed by atoms with Gasteiger partial charge in [0.15, 0.2) is 11.0 Å². The van der Waals surface area contributed by atoms with E-state index in [1.165, 1.54) is 28.5 Å². The summed E-state index contributed by atoms with van der Waals surface area (Å²) < 4.78 is 14.4. The van der Waals surface area contributed by atoms with Crippen LogP contribution in [-0.2, 0) is 0 Å². The van der Waals surface area contributed by atoms with Crippen molar-refractivity contribution in [3.05, 3.63) is 24.3 Å². The molecule has 0 aliphatic heterocycles. The predicted octanol–water partition coefficient (Wildman–Crippen LogP) is 1.02. The quantitative estimate of drug-likeness (QED) is 0.699. The fourth-order valence-corrected chi connectivity index (χ4v) is 1.89. The first kappa shape index (κ1) is 11.8. The molecule has 0 bridgehead atoms. The number of halogens is 1. The number of fused-ring (bicyclic) bond motifs is 1. The minimum absolute atomic E-state index is 0.178. The molecule has 0 aromatic carbocycles. The van der Waals surface area contributed by atoms with Crippen molar-refractivity contribution in [3.63, 3.8) is 0 Å². The largest absolute Gasteiger partial charge is 0.368 e. The highest BCUT2D eigenvalue weighted by Gasteiger charge is 2.12. The molecule has 9 heteroatoms. The second kappa shape index (κ2) is 4.43. The molecule has 0 atom stereocenters. The first-order valence-corrected chi connectivity index (χ1v) is 6.45. The summed E-state index contributed by atoms with van der Waals surface area (Å²) in [6, 6.07) is 1.29. The van der Waals surface area contributed by atoms with Crippen LogP contribution < -0.4 is 5.73 Å². The van der Waals surface area contributed by atoms with Gasteiger partial charge in [0.2, 0.25) is 5.95 Å². The van der Waals surface area contributed by atoms with E-state index in [9.17, 15) is 4.39 Å². The van der Waals surface area contributed by atoms with E-state index >= 15 is 0 Å². The van der Waals surface area contributed by atoms with Gasteiger partial charge in [-0.25, -0.2) is 4.39 Å². The molecule has 3 aromatic rings. The van der Waals surface area contributed by atoms with Gasteiger partial charge in [-0.15, -0.1) is 5.10 Å². The molecule has 3 heterocycles. The van der Waals surface area contributed by atoms with E-state index in [0.717, 1.165) is 6.20 Å². The summed E-state index contributed by atoms with van der Waals surface area (Å²) in [6.45, 7) is 0. The zero-order valence-electron chi connectivity index (χ0n) is 9.78. The monoisotopic (exact) mass is 277 g/mol. The molecule has 0 amide bonds. The number of thioether (sulfide) groups is 1. The number of pyridine rings is 1. The molecule has 7 nitrogen and oxygen atoms in total. The van der Waals surface area contributed by atoms with Crippen molar-refractivity contribution in [1.29, 1.82) is 0 Å². The first-order valence-electron chi connectivity index (χ1n) is 5.22. The Morgan fingerprint density at radius 2 is 2.11 bits per heavy atom. The van der Waals surface area contributed by atoms with Crippen molar-refractivity contribution in [1.82, 2.24) is 29.5 Å². The van der Waals surface area contributed by atoms with Crippen LogP contribution in [-0.4, -0.2) is 35.8 Å². The third kappa shape index (κ3) is 2.08. The van der Waals surface area contributed by atoms with Crippen molar-refractivity contribution in [2.45, 2.75) is 5.16 Å². The fourth-order valence-electron chi connectivity index (χ4n) is 1.53. The Morgan fingerprint density at radius 3 is 2.84 bits per heavy atom. The van der Waals surface area contributed by atoms with Crippen molar-refractivity contribution in [3.8, 4) is 11.4 Å². The molecule has 3 rings (SSSR count). The van der Waals surface area contributed by atoms with Crippen LogP contribution in [0.2, 0.25) is 0 Å². The SMILES string of the molecule is CSc1nc(N)n2nc(-c3cncc(F)c3)nc2n1. The normalized spacial score (nSPS) is 11.1. The maximum absolute atomic E-state index is 13.1. The van der Waals surface area contributed by atoms with E-state index in [2.05, 4.69) is 25.0 Å². The standard InChI is InChI=1S/C10H8FN7S/c1-19-10-15-8(12)18-9(16-10)14-7(17-18)5-2-6(11)4-13-3-5/h2-4H,1H3,(H2,12,14,15,16,17). The Morgan fingerprint density at radius 1 is 1.26 bits per heavy atom. The van der Waals surface area contributed by atoms with Crippen molar-refractivity contribution in [2.24, 2.45) is 0 Å². The van der Waals surface area contributed by atoms with Gasteiger partial charge in [0.25, 0.3) is 5.78 Å². The second-order valence-electron chi connectivity index (χ2n) is 3.61. The zero-order valence-corrected chi connectivity index (χ0v) is 10.6. The molecule has 0 fully saturated rings. The Bertz CT molecular complexity index is 757. The number of nitrogen functional groups attached to an aromatic ring is 1. The van der Waals surface area contributed by atoms with Gasteiger partial charge in [-0.3, -0.25) is 4.98 Å². The number of anilines is 1. The fraction of sp³-hybridized carbons (Fsp3) is 0.100. The molecule has 3 aromatic heterocycles. The average Bonchev–Trinajstić information content (AvgIpc) is 2.83. The zero-order chi connectivity index (χ0) is 13.4. The van der Waals surface area contributed by atoms with Gasteiger partial charge in [-0.05, 0) is 12.3 Å². The summed E-state index contributed by atoms with van der Waals surface area (Å²) >= 11 is 1.35. The average molecular weight is 277 g/mol. The lowest BCUT2D eigenvalue weighted by Gasteiger charge is -1.97. The number of nitrogens with zero attached hydrogens (tertiary/aromatic N) is 6. The Kier molecular flexibility index (Phi) is 2.75. The second-order valence-corrected chi connectivity index (χ2v) is 4.38. The predicted molar refractivity (Wildman–Crippen MR) is 68.0 cm³/mol. The van der Waals surface area contributed by atoms with Crippen LogP contribution in [0.1, 0.15) is 0 Å². The van der Waals surface area contributed by atoms with Crippen LogP contribution in [0, 0.1) is 5.82 Å². The molecule has 2 N–H and O–H groups in total. The van der Waals surface area contributed by atoms with Gasteiger partial charge in [0, 0.05) is 11.8 Å². The number of hydrogen-bond donors (Lipinski definition) is 1.